The van der Waals surface area contributed by atoms with E-state index in [1.807, 2.05) is 0 Å². The van der Waals surface area contributed by atoms with Gasteiger partial charge in [0.15, 0.2) is 0 Å². The van der Waals surface area contributed by atoms with E-state index < -0.39 is 30.0 Å². The Morgan fingerprint density at radius 1 is 1.46 bits per heavy atom. The minimum absolute atomic E-state index is 0.157. The third-order valence-electron chi connectivity index (χ3n) is 3.62. The summed E-state index contributed by atoms with van der Waals surface area (Å²) in [5.41, 5.74) is 0. The van der Waals surface area contributed by atoms with Crippen molar-refractivity contribution in [3.8, 4) is 0 Å². The van der Waals surface area contributed by atoms with E-state index in [-0.39, 0.29) is 18.9 Å². The van der Waals surface area contributed by atoms with Crippen molar-refractivity contribution in [1.82, 2.24) is 5.32 Å². The topological polar surface area (TPSA) is 122 Å². The molecule has 9 heteroatoms. The van der Waals surface area contributed by atoms with E-state index in [2.05, 4.69) is 5.32 Å². The van der Waals surface area contributed by atoms with E-state index in [0.717, 1.165) is 17.8 Å². The van der Waals surface area contributed by atoms with E-state index in [1.54, 1.807) is 18.7 Å². The number of amides is 1. The van der Waals surface area contributed by atoms with Crippen LogP contribution in [0.2, 0.25) is 0 Å². The fourth-order valence-electron chi connectivity index (χ4n) is 2.51. The molecule has 1 amide bonds. The van der Waals surface area contributed by atoms with E-state index in [9.17, 15) is 24.6 Å². The van der Waals surface area contributed by atoms with Gasteiger partial charge in [0.05, 0.1) is 24.9 Å². The number of hydrogen-bond donors (Lipinski definition) is 3. The van der Waals surface area contributed by atoms with Crippen LogP contribution in [-0.2, 0) is 23.9 Å². The average Bonchev–Trinajstić information content (AvgIpc) is 2.49. The largest absolute Gasteiger partial charge is 0.477 e. The number of hydrogen-bond acceptors (Lipinski definition) is 7. The predicted octanol–water partition coefficient (Wildman–Crippen LogP) is 0.171. The van der Waals surface area contributed by atoms with E-state index in [0.29, 0.717) is 12.8 Å². The first-order chi connectivity index (χ1) is 11.3. The molecular weight excluding hydrogens is 338 g/mol. The van der Waals surface area contributed by atoms with Gasteiger partial charge in [0.25, 0.3) is 5.79 Å². The molecule has 0 saturated carbocycles. The van der Waals surface area contributed by atoms with Crippen molar-refractivity contribution >= 4 is 29.9 Å². The van der Waals surface area contributed by atoms with Gasteiger partial charge in [-0.05, 0) is 24.9 Å². The van der Waals surface area contributed by atoms with Crippen LogP contribution in [0.25, 0.3) is 0 Å². The van der Waals surface area contributed by atoms with Crippen molar-refractivity contribution in [3.05, 3.63) is 0 Å². The number of thioether (sulfide) groups is 1. The van der Waals surface area contributed by atoms with Gasteiger partial charge in [-0.15, -0.1) is 0 Å². The van der Waals surface area contributed by atoms with E-state index >= 15 is 0 Å². The third kappa shape index (κ3) is 6.04. The van der Waals surface area contributed by atoms with Crippen LogP contribution in [0.5, 0.6) is 0 Å². The number of ether oxygens (including phenoxy) is 2. The maximum atomic E-state index is 11.6. The highest BCUT2D eigenvalue weighted by molar-refractivity contribution is 7.99. The van der Waals surface area contributed by atoms with Crippen LogP contribution in [0.4, 0.5) is 0 Å². The van der Waals surface area contributed by atoms with Crippen LogP contribution in [0.3, 0.4) is 0 Å². The lowest BCUT2D eigenvalue weighted by Gasteiger charge is -2.43. The number of carbonyl (C=O) groups excluding carboxylic acids is 2. The molecular formula is C15H25NO7S. The zero-order valence-electron chi connectivity index (χ0n) is 13.9. The predicted molar refractivity (Wildman–Crippen MR) is 87.7 cm³/mol. The second kappa shape index (κ2) is 9.97. The summed E-state index contributed by atoms with van der Waals surface area (Å²) >= 11 is 1.58. The van der Waals surface area contributed by atoms with Crippen molar-refractivity contribution in [2.75, 3.05) is 18.1 Å². The average molecular weight is 363 g/mol. The summed E-state index contributed by atoms with van der Waals surface area (Å²) in [5, 5.41) is 22.2. The minimum Gasteiger partial charge on any atom is -0.477 e. The standard InChI is InChI=1S/C15H25NO7S/c1-10-13(16-11(2)18)12(19)9-15(23-10,14(20)21)22-6-4-8-24-7-3-5-17/h5,10,12-13,19H,3-4,6-9H2,1-2H3,(H,16,18)(H,20,21)/t10-,12-,13-,15+/m0/s1. The number of nitrogens with one attached hydrogen (secondary N) is 1. The number of carbonyl (C=O) groups is 3. The molecule has 0 unspecified atom stereocenters. The van der Waals surface area contributed by atoms with Gasteiger partial charge in [-0.25, -0.2) is 4.79 Å². The van der Waals surface area contributed by atoms with Gasteiger partial charge in [0.1, 0.15) is 6.29 Å². The van der Waals surface area contributed by atoms with Crippen molar-refractivity contribution in [3.63, 3.8) is 0 Å². The zero-order valence-corrected chi connectivity index (χ0v) is 14.7. The van der Waals surface area contributed by atoms with Crippen LogP contribution >= 0.6 is 11.8 Å². The summed E-state index contributed by atoms with van der Waals surface area (Å²) < 4.78 is 11.0. The lowest BCUT2D eigenvalue weighted by atomic mass is 9.93. The number of aliphatic hydroxyl groups excluding tert-OH is 1. The van der Waals surface area contributed by atoms with Crippen molar-refractivity contribution in [1.29, 1.82) is 0 Å². The Hall–Kier alpha value is -1.16. The Morgan fingerprint density at radius 3 is 2.71 bits per heavy atom. The molecule has 138 valence electrons. The van der Waals surface area contributed by atoms with Gasteiger partial charge >= 0.3 is 5.97 Å². The molecule has 0 radical (unpaired) electrons. The number of aliphatic carboxylic acids is 1. The monoisotopic (exact) mass is 363 g/mol. The number of carboxylic acids is 1. The van der Waals surface area contributed by atoms with Gasteiger partial charge in [-0.3, -0.25) is 4.79 Å². The zero-order chi connectivity index (χ0) is 18.2. The van der Waals surface area contributed by atoms with Crippen LogP contribution in [0.1, 0.15) is 33.1 Å². The number of aldehydes is 1. The fourth-order valence-corrected chi connectivity index (χ4v) is 3.30. The molecule has 8 nitrogen and oxygen atoms in total. The number of aliphatic hydroxyl groups is 1. The Morgan fingerprint density at radius 2 is 2.17 bits per heavy atom. The highest BCUT2D eigenvalue weighted by Crippen LogP contribution is 2.31. The van der Waals surface area contributed by atoms with Gasteiger partial charge in [0.2, 0.25) is 5.91 Å². The first kappa shape index (κ1) is 20.9. The first-order valence-electron chi connectivity index (χ1n) is 7.84. The molecule has 3 N–H and O–H groups in total. The minimum atomic E-state index is -1.92. The molecule has 1 rings (SSSR count). The van der Waals surface area contributed by atoms with Crippen LogP contribution < -0.4 is 5.32 Å². The van der Waals surface area contributed by atoms with Gasteiger partial charge in [0, 0.05) is 19.8 Å². The van der Waals surface area contributed by atoms with Gasteiger partial charge < -0.3 is 29.8 Å². The summed E-state index contributed by atoms with van der Waals surface area (Å²) in [6.45, 7) is 3.06. The Bertz CT molecular complexity index is 434. The quantitative estimate of drug-likeness (QED) is 0.371. The maximum absolute atomic E-state index is 11.6. The summed E-state index contributed by atoms with van der Waals surface area (Å²) in [7, 11) is 0. The van der Waals surface area contributed by atoms with Crippen LogP contribution in [-0.4, -0.2) is 70.5 Å². The summed E-state index contributed by atoms with van der Waals surface area (Å²) in [6, 6.07) is -0.683. The lowest BCUT2D eigenvalue weighted by Crippen LogP contribution is -2.63. The highest BCUT2D eigenvalue weighted by atomic mass is 32.2. The molecule has 24 heavy (non-hydrogen) atoms. The molecule has 0 aromatic heterocycles. The second-order valence-corrected chi connectivity index (χ2v) is 6.87. The molecule has 1 saturated heterocycles. The van der Waals surface area contributed by atoms with Gasteiger partial charge in [-0.2, -0.15) is 11.8 Å². The molecule has 4 atom stereocenters. The molecule has 0 aromatic rings. The lowest BCUT2D eigenvalue weighted by molar-refractivity contribution is -0.292. The first-order valence-corrected chi connectivity index (χ1v) is 8.99. The normalized spacial score (nSPS) is 29.9. The molecule has 0 aromatic carbocycles. The molecule has 1 heterocycles. The fraction of sp³-hybridized carbons (Fsp3) is 0.800. The Labute approximate surface area is 145 Å². The second-order valence-electron chi connectivity index (χ2n) is 5.65. The number of carboxylic acid groups (broad SMARTS) is 1. The molecule has 1 aliphatic heterocycles. The van der Waals surface area contributed by atoms with Crippen molar-refractivity contribution in [2.45, 2.75) is 57.1 Å². The van der Waals surface area contributed by atoms with Crippen LogP contribution in [0, 0.1) is 0 Å². The maximum Gasteiger partial charge on any atom is 0.364 e. The molecule has 0 bridgehead atoms. The smallest absolute Gasteiger partial charge is 0.364 e. The number of rotatable bonds is 10. The molecule has 1 fully saturated rings. The Kier molecular flexibility index (Phi) is 8.68. The Balaban J connectivity index is 2.55. The molecule has 0 aliphatic carbocycles. The summed E-state index contributed by atoms with van der Waals surface area (Å²) in [6.07, 6.45) is -0.127. The van der Waals surface area contributed by atoms with E-state index in [4.69, 9.17) is 9.47 Å². The van der Waals surface area contributed by atoms with E-state index in [1.165, 1.54) is 6.92 Å². The van der Waals surface area contributed by atoms with Gasteiger partial charge in [-0.1, -0.05) is 0 Å². The van der Waals surface area contributed by atoms with Crippen LogP contribution in [0.15, 0.2) is 0 Å². The SMILES string of the molecule is CC(=O)N[C@H]1[C@H](C)O[C@@](OCCCSCCC=O)(C(=O)O)C[C@@H]1O. The van der Waals surface area contributed by atoms with Crippen molar-refractivity contribution < 1.29 is 34.1 Å². The highest BCUT2D eigenvalue weighted by Gasteiger charge is 2.51. The molecule has 0 spiro atoms. The van der Waals surface area contributed by atoms with Crippen molar-refractivity contribution in [2.24, 2.45) is 0 Å². The summed E-state index contributed by atoms with van der Waals surface area (Å²) in [4.78, 5) is 33.0. The summed E-state index contributed by atoms with van der Waals surface area (Å²) in [5.74, 6) is -2.09. The molecule has 1 aliphatic rings. The third-order valence-corrected chi connectivity index (χ3v) is 4.72.